The number of nitrogens with one attached hydrogen (secondary N) is 1. The Balaban J connectivity index is 1.85. The maximum atomic E-state index is 12.2. The summed E-state index contributed by atoms with van der Waals surface area (Å²) in [5.41, 5.74) is 8.54. The Morgan fingerprint density at radius 1 is 1.22 bits per heavy atom. The Labute approximate surface area is 107 Å². The van der Waals surface area contributed by atoms with Gasteiger partial charge in [0.1, 0.15) is 0 Å². The van der Waals surface area contributed by atoms with Gasteiger partial charge in [-0.15, -0.1) is 0 Å². The van der Waals surface area contributed by atoms with Gasteiger partial charge in [-0.3, -0.25) is 9.69 Å². The largest absolute Gasteiger partial charge is 0.397 e. The minimum atomic E-state index is -0.0143. The van der Waals surface area contributed by atoms with Crippen LogP contribution in [0, 0.1) is 0 Å². The lowest BCUT2D eigenvalue weighted by Gasteiger charge is -2.36. The van der Waals surface area contributed by atoms with Crippen molar-refractivity contribution in [1.29, 1.82) is 0 Å². The number of likely N-dealkylation sites (tertiary alicyclic amines) is 1. The van der Waals surface area contributed by atoms with Crippen molar-refractivity contribution in [2.24, 2.45) is 0 Å². The van der Waals surface area contributed by atoms with Gasteiger partial charge < -0.3 is 11.1 Å². The third-order valence-corrected chi connectivity index (χ3v) is 3.98. The lowest BCUT2D eigenvalue weighted by Crippen LogP contribution is -2.49. The van der Waals surface area contributed by atoms with E-state index in [9.17, 15) is 4.79 Å². The monoisotopic (exact) mass is 245 g/mol. The number of anilines is 2. The standard InChI is InChI=1S/C14H19N3O/c15-11-6-4-5-10-9-12(14(18)16-13(10)11)17-7-2-1-3-8-17/h4-6,12H,1-3,7-9,15H2,(H,16,18). The molecule has 2 aliphatic rings. The van der Waals surface area contributed by atoms with E-state index in [0.717, 1.165) is 30.8 Å². The maximum Gasteiger partial charge on any atom is 0.242 e. The average molecular weight is 245 g/mol. The summed E-state index contributed by atoms with van der Waals surface area (Å²) in [4.78, 5) is 14.5. The molecule has 1 aromatic rings. The zero-order valence-corrected chi connectivity index (χ0v) is 10.5. The van der Waals surface area contributed by atoms with E-state index >= 15 is 0 Å². The molecule has 2 heterocycles. The van der Waals surface area contributed by atoms with Gasteiger partial charge >= 0.3 is 0 Å². The van der Waals surface area contributed by atoms with Crippen LogP contribution < -0.4 is 11.1 Å². The first-order valence-corrected chi connectivity index (χ1v) is 6.68. The van der Waals surface area contributed by atoms with Crippen LogP contribution in [0.3, 0.4) is 0 Å². The molecule has 1 fully saturated rings. The van der Waals surface area contributed by atoms with E-state index in [4.69, 9.17) is 5.73 Å². The summed E-state index contributed by atoms with van der Waals surface area (Å²) in [5.74, 6) is 0.0994. The van der Waals surface area contributed by atoms with Gasteiger partial charge in [0.2, 0.25) is 5.91 Å². The molecule has 2 aliphatic heterocycles. The number of carbonyl (C=O) groups excluding carboxylic acids is 1. The van der Waals surface area contributed by atoms with Gasteiger partial charge in [0.05, 0.1) is 17.4 Å². The smallest absolute Gasteiger partial charge is 0.242 e. The zero-order chi connectivity index (χ0) is 12.5. The molecule has 0 spiro atoms. The third kappa shape index (κ3) is 1.97. The SMILES string of the molecule is Nc1cccc2c1NC(=O)C(N1CCCCC1)C2. The second kappa shape index (κ2) is 4.61. The quantitative estimate of drug-likeness (QED) is 0.739. The topological polar surface area (TPSA) is 58.4 Å². The van der Waals surface area contributed by atoms with Gasteiger partial charge in [-0.25, -0.2) is 0 Å². The molecule has 0 radical (unpaired) electrons. The highest BCUT2D eigenvalue weighted by molar-refractivity contribution is 6.00. The Hall–Kier alpha value is -1.55. The Morgan fingerprint density at radius 3 is 2.78 bits per heavy atom. The number of nitrogens with two attached hydrogens (primary N) is 1. The fourth-order valence-corrected chi connectivity index (χ4v) is 2.98. The average Bonchev–Trinajstić information content (AvgIpc) is 2.40. The zero-order valence-electron chi connectivity index (χ0n) is 10.5. The molecule has 0 bridgehead atoms. The van der Waals surface area contributed by atoms with Gasteiger partial charge in [0, 0.05) is 0 Å². The predicted molar refractivity (Wildman–Crippen MR) is 72.4 cm³/mol. The van der Waals surface area contributed by atoms with Gasteiger partial charge in [0.25, 0.3) is 0 Å². The number of piperidine rings is 1. The van der Waals surface area contributed by atoms with Crippen LogP contribution in [-0.4, -0.2) is 29.9 Å². The Bertz CT molecular complexity index is 466. The molecule has 1 saturated heterocycles. The lowest BCUT2D eigenvalue weighted by atomic mass is 9.95. The van der Waals surface area contributed by atoms with Crippen molar-refractivity contribution in [2.75, 3.05) is 24.1 Å². The summed E-state index contributed by atoms with van der Waals surface area (Å²) in [5, 5.41) is 2.97. The second-order valence-electron chi connectivity index (χ2n) is 5.19. The van der Waals surface area contributed by atoms with E-state index in [-0.39, 0.29) is 11.9 Å². The summed E-state index contributed by atoms with van der Waals surface area (Å²) in [6, 6.07) is 5.83. The number of hydrogen-bond acceptors (Lipinski definition) is 3. The number of benzene rings is 1. The second-order valence-corrected chi connectivity index (χ2v) is 5.19. The molecule has 0 aromatic heterocycles. The highest BCUT2D eigenvalue weighted by atomic mass is 16.2. The van der Waals surface area contributed by atoms with Crippen molar-refractivity contribution in [3.63, 3.8) is 0 Å². The number of amides is 1. The first-order valence-electron chi connectivity index (χ1n) is 6.68. The van der Waals surface area contributed by atoms with Crippen molar-refractivity contribution in [1.82, 2.24) is 4.90 Å². The molecule has 4 heteroatoms. The van der Waals surface area contributed by atoms with Gasteiger partial charge in [-0.1, -0.05) is 18.6 Å². The van der Waals surface area contributed by atoms with Gasteiger partial charge in [-0.2, -0.15) is 0 Å². The number of hydrogen-bond donors (Lipinski definition) is 2. The van der Waals surface area contributed by atoms with Crippen molar-refractivity contribution in [2.45, 2.75) is 31.7 Å². The van der Waals surface area contributed by atoms with Gasteiger partial charge in [-0.05, 0) is 44.0 Å². The van der Waals surface area contributed by atoms with E-state index in [1.54, 1.807) is 0 Å². The highest BCUT2D eigenvalue weighted by Crippen LogP contribution is 2.30. The van der Waals surface area contributed by atoms with Crippen LogP contribution in [0.15, 0.2) is 18.2 Å². The molecule has 3 N–H and O–H groups in total. The number of nitrogens with zero attached hydrogens (tertiary/aromatic N) is 1. The predicted octanol–water partition coefficient (Wildman–Crippen LogP) is 1.62. The highest BCUT2D eigenvalue weighted by Gasteiger charge is 2.32. The van der Waals surface area contributed by atoms with Crippen LogP contribution in [-0.2, 0) is 11.2 Å². The Morgan fingerprint density at radius 2 is 2.00 bits per heavy atom. The number of para-hydroxylation sites is 1. The maximum absolute atomic E-state index is 12.2. The summed E-state index contributed by atoms with van der Waals surface area (Å²) in [7, 11) is 0. The first kappa shape index (κ1) is 11.5. The molecular formula is C14H19N3O. The molecule has 0 aliphatic carbocycles. The van der Waals surface area contributed by atoms with Gasteiger partial charge in [0.15, 0.2) is 0 Å². The lowest BCUT2D eigenvalue weighted by molar-refractivity contribution is -0.122. The fraction of sp³-hybridized carbons (Fsp3) is 0.500. The summed E-state index contributed by atoms with van der Waals surface area (Å²) < 4.78 is 0. The van der Waals surface area contributed by atoms with Crippen LogP contribution in [0.5, 0.6) is 0 Å². The van der Waals surface area contributed by atoms with Crippen LogP contribution >= 0.6 is 0 Å². The van der Waals surface area contributed by atoms with Crippen LogP contribution in [0.4, 0.5) is 11.4 Å². The van der Waals surface area contributed by atoms with Crippen LogP contribution in [0.2, 0.25) is 0 Å². The van der Waals surface area contributed by atoms with E-state index < -0.39 is 0 Å². The molecule has 1 aromatic carbocycles. The normalized spacial score (nSPS) is 24.4. The van der Waals surface area contributed by atoms with Crippen LogP contribution in [0.1, 0.15) is 24.8 Å². The first-order chi connectivity index (χ1) is 8.75. The third-order valence-electron chi connectivity index (χ3n) is 3.98. The summed E-state index contributed by atoms with van der Waals surface area (Å²) in [6.45, 7) is 2.07. The van der Waals surface area contributed by atoms with E-state index in [1.807, 2.05) is 12.1 Å². The number of carbonyl (C=O) groups is 1. The molecule has 0 saturated carbocycles. The van der Waals surface area contributed by atoms with E-state index in [0.29, 0.717) is 5.69 Å². The van der Waals surface area contributed by atoms with Crippen molar-refractivity contribution in [3.8, 4) is 0 Å². The minimum absolute atomic E-state index is 0.0143. The van der Waals surface area contributed by atoms with Crippen molar-refractivity contribution < 1.29 is 4.79 Å². The molecule has 4 nitrogen and oxygen atoms in total. The molecule has 18 heavy (non-hydrogen) atoms. The summed E-state index contributed by atoms with van der Waals surface area (Å²) >= 11 is 0. The Kier molecular flexibility index (Phi) is 2.96. The molecular weight excluding hydrogens is 226 g/mol. The molecule has 3 rings (SSSR count). The van der Waals surface area contributed by atoms with E-state index in [1.165, 1.54) is 19.3 Å². The number of nitrogen functional groups attached to an aromatic ring is 1. The summed E-state index contributed by atoms with van der Waals surface area (Å²) in [6.07, 6.45) is 4.47. The number of fused-ring (bicyclic) bond motifs is 1. The van der Waals surface area contributed by atoms with Crippen LogP contribution in [0.25, 0.3) is 0 Å². The van der Waals surface area contributed by atoms with Crippen molar-refractivity contribution in [3.05, 3.63) is 23.8 Å². The molecule has 96 valence electrons. The fourth-order valence-electron chi connectivity index (χ4n) is 2.98. The molecule has 1 atom stereocenters. The number of rotatable bonds is 1. The molecule has 1 unspecified atom stereocenters. The van der Waals surface area contributed by atoms with E-state index in [2.05, 4.69) is 16.3 Å². The molecule has 1 amide bonds. The minimum Gasteiger partial charge on any atom is -0.397 e. The van der Waals surface area contributed by atoms with Crippen molar-refractivity contribution >= 4 is 17.3 Å².